The van der Waals surface area contributed by atoms with Crippen molar-refractivity contribution in [3.05, 3.63) is 69.3 Å². The number of likely N-dealkylation sites (N-methyl/N-ethyl adjacent to an activating group) is 1. The molecule has 1 N–H and O–H groups in total. The minimum Gasteiger partial charge on any atom is -0.324 e. The van der Waals surface area contributed by atoms with Crippen LogP contribution in [-0.4, -0.2) is 65.3 Å². The van der Waals surface area contributed by atoms with Crippen LogP contribution in [0.3, 0.4) is 0 Å². The summed E-state index contributed by atoms with van der Waals surface area (Å²) < 4.78 is 0. The zero-order chi connectivity index (χ0) is 24.5. The first-order valence-corrected chi connectivity index (χ1v) is 13.1. The second kappa shape index (κ2) is 10.3. The molecule has 0 bridgehead atoms. The lowest BCUT2D eigenvalue weighted by Crippen LogP contribution is -2.35. The number of hydrogen-bond acceptors (Lipinski definition) is 7. The average molecular weight is 529 g/mol. The molecule has 10 heteroatoms. The third kappa shape index (κ3) is 5.27. The molecule has 0 saturated carbocycles. The third-order valence-corrected chi connectivity index (χ3v) is 7.77. The molecule has 0 fully saturated rings. The normalized spacial score (nSPS) is 15.8. The molecule has 5 rings (SSSR count). The number of carbonyl (C=O) groups excluding carboxylic acids is 1. The number of nitrogens with one attached hydrogen (secondary N) is 1. The van der Waals surface area contributed by atoms with E-state index in [0.29, 0.717) is 38.1 Å². The summed E-state index contributed by atoms with van der Waals surface area (Å²) in [6.07, 6.45) is 2.59. The second-order valence-electron chi connectivity index (χ2n) is 8.93. The lowest BCUT2D eigenvalue weighted by molar-refractivity contribution is 0.0985. The fourth-order valence-corrected chi connectivity index (χ4v) is 5.82. The number of fused-ring (bicyclic) bond motifs is 2. The van der Waals surface area contributed by atoms with E-state index in [1.54, 1.807) is 29.3 Å². The predicted octanol–water partition coefficient (Wildman–Crippen LogP) is 5.16. The molecule has 1 amide bonds. The number of hydrogen-bond donors (Lipinski definition) is 1. The summed E-state index contributed by atoms with van der Waals surface area (Å²) in [5, 5.41) is 4.81. The highest BCUT2D eigenvalue weighted by molar-refractivity contribution is 7.99. The first-order valence-electron chi connectivity index (χ1n) is 11.4. The van der Waals surface area contributed by atoms with Gasteiger partial charge in [0.25, 0.3) is 5.91 Å². The van der Waals surface area contributed by atoms with Crippen LogP contribution in [-0.2, 0) is 13.0 Å². The molecule has 3 heterocycles. The van der Waals surface area contributed by atoms with Gasteiger partial charge in [-0.3, -0.25) is 14.6 Å². The molecule has 0 saturated heterocycles. The van der Waals surface area contributed by atoms with Crippen LogP contribution >= 0.6 is 35.0 Å². The minimum atomic E-state index is -0.215. The summed E-state index contributed by atoms with van der Waals surface area (Å²) in [4.78, 5) is 28.5. The van der Waals surface area contributed by atoms with Crippen molar-refractivity contribution >= 4 is 58.2 Å². The maximum Gasteiger partial charge on any atom is 0.263 e. The zero-order valence-corrected chi connectivity index (χ0v) is 21.9. The SMILES string of the molecule is CN(C)CCN1CCc2cc(Nc3ncc4c(n3)SCN(c3c(Cl)cccc3Cl)C4=O)ccc2C1. The molecule has 2 aromatic carbocycles. The van der Waals surface area contributed by atoms with Crippen LogP contribution in [0, 0.1) is 0 Å². The van der Waals surface area contributed by atoms with Gasteiger partial charge in [-0.2, -0.15) is 0 Å². The summed E-state index contributed by atoms with van der Waals surface area (Å²) in [7, 11) is 4.22. The fourth-order valence-electron chi connectivity index (χ4n) is 4.28. The second-order valence-corrected chi connectivity index (χ2v) is 10.7. The van der Waals surface area contributed by atoms with Gasteiger partial charge in [-0.1, -0.05) is 47.1 Å². The standard InChI is InChI=1S/C25H26Cl2N6OS/c1-31(2)10-11-32-9-8-16-12-18(7-6-17(16)14-32)29-25-28-13-19-23(30-25)35-15-33(24(19)34)22-20(26)4-3-5-21(22)27/h3-7,12-13H,8-11,14-15H2,1-2H3,(H,28,29,30). The first kappa shape index (κ1) is 24.3. The Balaban J connectivity index is 1.29. The van der Waals surface area contributed by atoms with E-state index in [9.17, 15) is 4.79 Å². The number of amides is 1. The van der Waals surface area contributed by atoms with E-state index in [1.807, 2.05) is 0 Å². The highest BCUT2D eigenvalue weighted by atomic mass is 35.5. The molecule has 7 nitrogen and oxygen atoms in total. The number of rotatable bonds is 6. The number of carbonyl (C=O) groups is 1. The number of nitrogens with zero attached hydrogens (tertiary/aromatic N) is 5. The highest BCUT2D eigenvalue weighted by Gasteiger charge is 2.30. The minimum absolute atomic E-state index is 0.215. The van der Waals surface area contributed by atoms with Gasteiger partial charge in [0, 0.05) is 38.1 Å². The Labute approximate surface area is 219 Å². The van der Waals surface area contributed by atoms with Gasteiger partial charge < -0.3 is 10.2 Å². The maximum absolute atomic E-state index is 13.2. The van der Waals surface area contributed by atoms with E-state index in [0.717, 1.165) is 38.3 Å². The number of anilines is 3. The first-order chi connectivity index (χ1) is 16.9. The van der Waals surface area contributed by atoms with Crippen LogP contribution in [0.15, 0.2) is 47.6 Å². The summed E-state index contributed by atoms with van der Waals surface area (Å²) in [5.74, 6) is 0.624. The number of aromatic nitrogens is 2. The number of benzene rings is 2. The highest BCUT2D eigenvalue weighted by Crippen LogP contribution is 2.39. The number of thioether (sulfide) groups is 1. The molecule has 0 unspecified atom stereocenters. The van der Waals surface area contributed by atoms with Gasteiger partial charge in [0.1, 0.15) is 5.03 Å². The zero-order valence-electron chi connectivity index (χ0n) is 19.6. The molecule has 3 aromatic rings. The monoisotopic (exact) mass is 528 g/mol. The molecule has 35 heavy (non-hydrogen) atoms. The van der Waals surface area contributed by atoms with Gasteiger partial charge in [-0.05, 0) is 55.9 Å². The lowest BCUT2D eigenvalue weighted by Gasteiger charge is -2.30. The molecule has 2 aliphatic rings. The summed E-state index contributed by atoms with van der Waals surface area (Å²) >= 11 is 14.1. The summed E-state index contributed by atoms with van der Waals surface area (Å²) in [6, 6.07) is 11.6. The molecular formula is C25H26Cl2N6OS. The Bertz CT molecular complexity index is 1250. The van der Waals surface area contributed by atoms with Gasteiger partial charge in [-0.15, -0.1) is 0 Å². The average Bonchev–Trinajstić information content (AvgIpc) is 2.84. The van der Waals surface area contributed by atoms with Gasteiger partial charge in [0.05, 0.1) is 27.2 Å². The van der Waals surface area contributed by atoms with Gasteiger partial charge in [0.15, 0.2) is 0 Å². The predicted molar refractivity (Wildman–Crippen MR) is 143 cm³/mol. The fraction of sp³-hybridized carbons (Fsp3) is 0.320. The maximum atomic E-state index is 13.2. The lowest BCUT2D eigenvalue weighted by atomic mass is 9.99. The van der Waals surface area contributed by atoms with Crippen LogP contribution in [0.4, 0.5) is 17.3 Å². The molecule has 0 spiro atoms. The van der Waals surface area contributed by atoms with Crippen LogP contribution < -0.4 is 10.2 Å². The van der Waals surface area contributed by atoms with E-state index < -0.39 is 0 Å². The molecule has 1 aromatic heterocycles. The molecule has 182 valence electrons. The Kier molecular flexibility index (Phi) is 7.18. The van der Waals surface area contributed by atoms with Crippen molar-refractivity contribution in [2.45, 2.75) is 18.0 Å². The van der Waals surface area contributed by atoms with Crippen molar-refractivity contribution < 1.29 is 4.79 Å². The van der Waals surface area contributed by atoms with Crippen LogP contribution in [0.2, 0.25) is 10.0 Å². The Morgan fingerprint density at radius 1 is 1.14 bits per heavy atom. The van der Waals surface area contributed by atoms with E-state index in [1.165, 1.54) is 22.9 Å². The van der Waals surface area contributed by atoms with Crippen molar-refractivity contribution in [1.29, 1.82) is 0 Å². The van der Waals surface area contributed by atoms with Crippen LogP contribution in [0.1, 0.15) is 21.5 Å². The number of halogens is 2. The van der Waals surface area contributed by atoms with E-state index in [4.69, 9.17) is 23.2 Å². The van der Waals surface area contributed by atoms with Crippen LogP contribution in [0.25, 0.3) is 0 Å². The van der Waals surface area contributed by atoms with Gasteiger partial charge >= 0.3 is 0 Å². The van der Waals surface area contributed by atoms with Crippen molar-refractivity contribution in [3.63, 3.8) is 0 Å². The van der Waals surface area contributed by atoms with Gasteiger partial charge in [-0.25, -0.2) is 9.97 Å². The van der Waals surface area contributed by atoms with Gasteiger partial charge in [0.2, 0.25) is 5.95 Å². The Morgan fingerprint density at radius 2 is 1.94 bits per heavy atom. The van der Waals surface area contributed by atoms with Crippen molar-refractivity contribution in [2.24, 2.45) is 0 Å². The largest absolute Gasteiger partial charge is 0.324 e. The quantitative estimate of drug-likeness (QED) is 0.443. The van der Waals surface area contributed by atoms with Crippen molar-refractivity contribution in [3.8, 4) is 0 Å². The molecule has 0 radical (unpaired) electrons. The van der Waals surface area contributed by atoms with E-state index in [-0.39, 0.29) is 5.91 Å². The summed E-state index contributed by atoms with van der Waals surface area (Å²) in [6.45, 7) is 4.17. The van der Waals surface area contributed by atoms with E-state index >= 15 is 0 Å². The molecule has 2 aliphatic heterocycles. The smallest absolute Gasteiger partial charge is 0.263 e. The summed E-state index contributed by atoms with van der Waals surface area (Å²) in [5.41, 5.74) is 4.61. The third-order valence-electron chi connectivity index (χ3n) is 6.18. The molecule has 0 aliphatic carbocycles. The Morgan fingerprint density at radius 3 is 2.71 bits per heavy atom. The molecule has 0 atom stereocenters. The van der Waals surface area contributed by atoms with Crippen molar-refractivity contribution in [2.75, 3.05) is 49.8 Å². The van der Waals surface area contributed by atoms with E-state index in [2.05, 4.69) is 57.4 Å². The van der Waals surface area contributed by atoms with Crippen LogP contribution in [0.5, 0.6) is 0 Å². The topological polar surface area (TPSA) is 64.6 Å². The Hall–Kier alpha value is -2.36. The van der Waals surface area contributed by atoms with Crippen molar-refractivity contribution in [1.82, 2.24) is 19.8 Å². The number of para-hydroxylation sites is 1. The molecular weight excluding hydrogens is 503 g/mol.